The van der Waals surface area contributed by atoms with E-state index in [4.69, 9.17) is 4.84 Å². The van der Waals surface area contributed by atoms with E-state index in [0.717, 1.165) is 40.9 Å². The second kappa shape index (κ2) is 5.48. The van der Waals surface area contributed by atoms with Gasteiger partial charge in [-0.3, -0.25) is 9.78 Å². The van der Waals surface area contributed by atoms with Crippen LogP contribution in [-0.4, -0.2) is 17.0 Å². The van der Waals surface area contributed by atoms with Crippen LogP contribution in [0.15, 0.2) is 41.6 Å². The Morgan fingerprint density at radius 3 is 2.43 bits per heavy atom. The van der Waals surface area contributed by atoms with E-state index in [1.807, 2.05) is 38.1 Å². The largest absolute Gasteiger partial charge is 0.387 e. The third-order valence-corrected chi connectivity index (χ3v) is 3.53. The second-order valence-electron chi connectivity index (χ2n) is 5.26. The fourth-order valence-corrected chi connectivity index (χ4v) is 2.52. The quantitative estimate of drug-likeness (QED) is 0.810. The zero-order valence-corrected chi connectivity index (χ0v) is 12.0. The van der Waals surface area contributed by atoms with Gasteiger partial charge in [0.05, 0.1) is 5.71 Å². The number of oxime groups is 1. The first-order valence-electron chi connectivity index (χ1n) is 6.89. The number of rotatable bonds is 3. The molecule has 1 aliphatic rings. The first-order chi connectivity index (χ1) is 10.2. The molecular weight excluding hydrogens is 264 g/mol. The highest BCUT2D eigenvalue weighted by Gasteiger charge is 2.24. The van der Waals surface area contributed by atoms with Crippen LogP contribution in [0.2, 0.25) is 0 Å². The number of aldehydes is 1. The smallest absolute Gasteiger partial charge is 0.158 e. The van der Waals surface area contributed by atoms with Gasteiger partial charge in [-0.05, 0) is 31.5 Å². The van der Waals surface area contributed by atoms with Crippen LogP contribution >= 0.6 is 0 Å². The molecule has 1 unspecified atom stereocenters. The van der Waals surface area contributed by atoms with Crippen molar-refractivity contribution in [2.75, 3.05) is 0 Å². The van der Waals surface area contributed by atoms with Gasteiger partial charge in [-0.25, -0.2) is 0 Å². The highest BCUT2D eigenvalue weighted by molar-refractivity contribution is 6.01. The van der Waals surface area contributed by atoms with Crippen LogP contribution in [-0.2, 0) is 4.84 Å². The number of hydrogen-bond acceptors (Lipinski definition) is 4. The number of carbonyl (C=O) groups is 1. The molecule has 0 aliphatic carbocycles. The van der Waals surface area contributed by atoms with Gasteiger partial charge in [-0.15, -0.1) is 0 Å². The van der Waals surface area contributed by atoms with Crippen molar-refractivity contribution in [3.8, 4) is 0 Å². The van der Waals surface area contributed by atoms with Crippen LogP contribution in [0.3, 0.4) is 0 Å². The molecule has 1 aromatic heterocycles. The van der Waals surface area contributed by atoms with E-state index >= 15 is 0 Å². The van der Waals surface area contributed by atoms with Gasteiger partial charge < -0.3 is 4.84 Å². The summed E-state index contributed by atoms with van der Waals surface area (Å²) >= 11 is 0. The summed E-state index contributed by atoms with van der Waals surface area (Å²) in [7, 11) is 0. The molecule has 0 saturated heterocycles. The Hall–Kier alpha value is -2.49. The predicted molar refractivity (Wildman–Crippen MR) is 80.5 cm³/mol. The molecule has 2 aromatic rings. The van der Waals surface area contributed by atoms with Gasteiger partial charge in [0.1, 0.15) is 6.29 Å². The molecule has 0 radical (unpaired) electrons. The lowest BCUT2D eigenvalue weighted by Gasteiger charge is -2.08. The van der Waals surface area contributed by atoms with Crippen LogP contribution in [0.4, 0.5) is 0 Å². The molecule has 3 rings (SSSR count). The molecular formula is C17H16N2O2. The van der Waals surface area contributed by atoms with Crippen molar-refractivity contribution in [2.45, 2.75) is 26.4 Å². The molecule has 1 aromatic carbocycles. The Kier molecular flexibility index (Phi) is 3.52. The van der Waals surface area contributed by atoms with Gasteiger partial charge in [0.25, 0.3) is 0 Å². The van der Waals surface area contributed by atoms with Gasteiger partial charge in [0, 0.05) is 28.9 Å². The summed E-state index contributed by atoms with van der Waals surface area (Å²) in [5.74, 6) is 0. The number of nitrogens with zero attached hydrogens (tertiary/aromatic N) is 2. The first-order valence-corrected chi connectivity index (χ1v) is 6.89. The maximum absolute atomic E-state index is 10.7. The topological polar surface area (TPSA) is 51.5 Å². The molecule has 0 bridgehead atoms. The lowest BCUT2D eigenvalue weighted by molar-refractivity contribution is 0.0857. The average Bonchev–Trinajstić information content (AvgIpc) is 2.96. The van der Waals surface area contributed by atoms with Crippen molar-refractivity contribution in [2.24, 2.45) is 5.16 Å². The standard InChI is InChI=1S/C17H16N2O2/c1-11-7-15(8-12(2)18-11)16-9-17(21-19-16)14-5-3-13(10-20)4-6-14/h3-8,10,17H,9H2,1-2H3. The van der Waals surface area contributed by atoms with Gasteiger partial charge in [-0.1, -0.05) is 29.4 Å². The Bertz CT molecular complexity index is 685. The summed E-state index contributed by atoms with van der Waals surface area (Å²) in [6.45, 7) is 3.95. The van der Waals surface area contributed by atoms with Crippen molar-refractivity contribution >= 4 is 12.0 Å². The first kappa shape index (κ1) is 13.5. The number of carbonyl (C=O) groups excluding carboxylic acids is 1. The minimum atomic E-state index is -0.0884. The van der Waals surface area contributed by atoms with Gasteiger partial charge in [-0.2, -0.15) is 0 Å². The normalized spacial score (nSPS) is 17.2. The molecule has 21 heavy (non-hydrogen) atoms. The number of hydrogen-bond donors (Lipinski definition) is 0. The summed E-state index contributed by atoms with van der Waals surface area (Å²) in [5.41, 5.74) is 5.65. The number of aryl methyl sites for hydroxylation is 2. The summed E-state index contributed by atoms with van der Waals surface area (Å²) < 4.78 is 0. The van der Waals surface area contributed by atoms with Crippen LogP contribution in [0.1, 0.15) is 45.4 Å². The van der Waals surface area contributed by atoms with E-state index in [0.29, 0.717) is 5.56 Å². The zero-order chi connectivity index (χ0) is 14.8. The fourth-order valence-electron chi connectivity index (χ4n) is 2.52. The molecule has 0 N–H and O–H groups in total. The van der Waals surface area contributed by atoms with E-state index in [-0.39, 0.29) is 6.10 Å². The summed E-state index contributed by atoms with van der Waals surface area (Å²) in [4.78, 5) is 20.6. The molecule has 0 fully saturated rings. The molecule has 0 amide bonds. The molecule has 4 heteroatoms. The molecule has 2 heterocycles. The maximum atomic E-state index is 10.7. The third-order valence-electron chi connectivity index (χ3n) is 3.53. The summed E-state index contributed by atoms with van der Waals surface area (Å²) in [6.07, 6.45) is 1.47. The number of aromatic nitrogens is 1. The van der Waals surface area contributed by atoms with Crippen LogP contribution in [0.25, 0.3) is 0 Å². The van der Waals surface area contributed by atoms with Crippen molar-refractivity contribution < 1.29 is 9.63 Å². The van der Waals surface area contributed by atoms with Crippen LogP contribution in [0.5, 0.6) is 0 Å². The Labute approximate surface area is 123 Å². The van der Waals surface area contributed by atoms with E-state index in [1.165, 1.54) is 0 Å². The van der Waals surface area contributed by atoms with E-state index < -0.39 is 0 Å². The van der Waals surface area contributed by atoms with Gasteiger partial charge in [0.15, 0.2) is 6.10 Å². The third kappa shape index (κ3) is 2.84. The molecule has 106 valence electrons. The van der Waals surface area contributed by atoms with Crippen molar-refractivity contribution in [1.29, 1.82) is 0 Å². The SMILES string of the molecule is Cc1cc(C2=NOC(c3ccc(C=O)cc3)C2)cc(C)n1. The lowest BCUT2D eigenvalue weighted by Crippen LogP contribution is -2.03. The number of benzene rings is 1. The minimum Gasteiger partial charge on any atom is -0.387 e. The van der Waals surface area contributed by atoms with Crippen molar-refractivity contribution in [3.63, 3.8) is 0 Å². The van der Waals surface area contributed by atoms with Crippen molar-refractivity contribution in [1.82, 2.24) is 4.98 Å². The Morgan fingerprint density at radius 2 is 1.81 bits per heavy atom. The maximum Gasteiger partial charge on any atom is 0.158 e. The Morgan fingerprint density at radius 1 is 1.14 bits per heavy atom. The summed E-state index contributed by atoms with van der Waals surface area (Å²) in [5, 5.41) is 4.21. The van der Waals surface area contributed by atoms with Crippen molar-refractivity contribution in [3.05, 3.63) is 64.5 Å². The average molecular weight is 280 g/mol. The van der Waals surface area contributed by atoms with E-state index in [9.17, 15) is 4.79 Å². The minimum absolute atomic E-state index is 0.0884. The van der Waals surface area contributed by atoms with E-state index in [2.05, 4.69) is 10.1 Å². The highest BCUT2D eigenvalue weighted by Crippen LogP contribution is 2.29. The lowest BCUT2D eigenvalue weighted by atomic mass is 9.99. The highest BCUT2D eigenvalue weighted by atomic mass is 16.6. The van der Waals surface area contributed by atoms with Crippen LogP contribution < -0.4 is 0 Å². The second-order valence-corrected chi connectivity index (χ2v) is 5.26. The zero-order valence-electron chi connectivity index (χ0n) is 12.0. The summed E-state index contributed by atoms with van der Waals surface area (Å²) in [6, 6.07) is 11.5. The molecule has 4 nitrogen and oxygen atoms in total. The molecule has 1 atom stereocenters. The van der Waals surface area contributed by atoms with E-state index in [1.54, 1.807) is 12.1 Å². The Balaban J connectivity index is 1.78. The molecule has 0 saturated carbocycles. The monoisotopic (exact) mass is 280 g/mol. The van der Waals surface area contributed by atoms with Crippen LogP contribution in [0, 0.1) is 13.8 Å². The fraction of sp³-hybridized carbons (Fsp3) is 0.235. The van der Waals surface area contributed by atoms with Gasteiger partial charge in [0.2, 0.25) is 0 Å². The van der Waals surface area contributed by atoms with Gasteiger partial charge >= 0.3 is 0 Å². The molecule has 0 spiro atoms. The predicted octanol–water partition coefficient (Wildman–Crippen LogP) is 3.38. The molecule has 1 aliphatic heterocycles. The number of pyridine rings is 1.